The molecular formula is C30H39N5O3Si. The van der Waals surface area contributed by atoms with Crippen LogP contribution in [0.1, 0.15) is 46.2 Å². The molecule has 3 heterocycles. The fourth-order valence-electron chi connectivity index (χ4n) is 4.33. The maximum atomic E-state index is 13.7. The average Bonchev–Trinajstić information content (AvgIpc) is 2.92. The molecule has 2 aromatic heterocycles. The second kappa shape index (κ2) is 11.8. The van der Waals surface area contributed by atoms with Gasteiger partial charge in [0.1, 0.15) is 5.78 Å². The summed E-state index contributed by atoms with van der Waals surface area (Å²) in [6.07, 6.45) is 10.5. The topological polar surface area (TPSA) is 90.2 Å². The summed E-state index contributed by atoms with van der Waals surface area (Å²) in [7, 11) is -1.88. The number of anilines is 1. The summed E-state index contributed by atoms with van der Waals surface area (Å²) in [5, 5.41) is 0.127. The zero-order valence-electron chi connectivity index (χ0n) is 23.8. The number of ketones is 1. The van der Waals surface area contributed by atoms with Crippen LogP contribution in [0, 0.1) is 5.92 Å². The lowest BCUT2D eigenvalue weighted by Crippen LogP contribution is -2.40. The van der Waals surface area contributed by atoms with Crippen LogP contribution in [0.15, 0.2) is 59.8 Å². The van der Waals surface area contributed by atoms with Crippen molar-refractivity contribution in [1.29, 1.82) is 0 Å². The van der Waals surface area contributed by atoms with E-state index in [1.807, 2.05) is 41.3 Å². The van der Waals surface area contributed by atoms with E-state index in [0.717, 1.165) is 24.1 Å². The summed E-state index contributed by atoms with van der Waals surface area (Å²) in [5.41, 5.74) is 2.09. The fourth-order valence-corrected chi connectivity index (χ4v) is 5.28. The van der Waals surface area contributed by atoms with Gasteiger partial charge in [-0.05, 0) is 74.3 Å². The minimum atomic E-state index is -1.88. The summed E-state index contributed by atoms with van der Waals surface area (Å²) in [5.74, 6) is 1.29. The Labute approximate surface area is 231 Å². The highest BCUT2D eigenvalue weighted by atomic mass is 28.4. The van der Waals surface area contributed by atoms with Crippen molar-refractivity contribution in [2.24, 2.45) is 5.92 Å². The van der Waals surface area contributed by atoms with Crippen LogP contribution in [0.4, 0.5) is 5.82 Å². The number of hydrogen-bond donors (Lipinski definition) is 0. The monoisotopic (exact) mass is 545 g/mol. The minimum Gasteiger partial charge on any atom is -0.413 e. The molecule has 0 amide bonds. The van der Waals surface area contributed by atoms with Crippen molar-refractivity contribution in [1.82, 2.24) is 19.5 Å². The lowest BCUT2D eigenvalue weighted by atomic mass is 9.93. The van der Waals surface area contributed by atoms with E-state index in [4.69, 9.17) is 9.41 Å². The second-order valence-electron chi connectivity index (χ2n) is 11.6. The molecule has 0 radical (unpaired) electrons. The summed E-state index contributed by atoms with van der Waals surface area (Å²) in [6, 6.07) is 9.40. The number of nitrogens with zero attached hydrogens (tertiary/aromatic N) is 5. The molecule has 0 atom stereocenters. The first-order valence-electron chi connectivity index (χ1n) is 13.5. The van der Waals surface area contributed by atoms with Crippen molar-refractivity contribution in [3.8, 4) is 17.1 Å². The SMILES string of the molecule is CC(=O)C1CCN(c2nc(/C=C/CO[Si](C)(C)C(C)(C)C)cn(-c3ccc(-c4ncccn4)cc3)c2=O)CC1. The highest BCUT2D eigenvalue weighted by Gasteiger charge is 2.36. The molecule has 4 rings (SSSR count). The van der Waals surface area contributed by atoms with Crippen molar-refractivity contribution >= 4 is 26.0 Å². The van der Waals surface area contributed by atoms with Crippen LogP contribution in [-0.2, 0) is 9.22 Å². The number of Topliss-reactive ketones (excluding diaryl/α,β-unsaturated/α-hetero) is 1. The molecule has 3 aromatic rings. The Hall–Kier alpha value is -3.43. The first kappa shape index (κ1) is 28.6. The Bertz CT molecular complexity index is 1370. The minimum absolute atomic E-state index is 0.0480. The molecule has 0 aliphatic carbocycles. The Kier molecular flexibility index (Phi) is 8.61. The van der Waals surface area contributed by atoms with E-state index < -0.39 is 8.32 Å². The molecule has 0 bridgehead atoms. The highest BCUT2D eigenvalue weighted by Crippen LogP contribution is 2.36. The molecule has 206 valence electrons. The molecular weight excluding hydrogens is 506 g/mol. The van der Waals surface area contributed by atoms with Crippen molar-refractivity contribution in [2.75, 3.05) is 24.6 Å². The van der Waals surface area contributed by atoms with Gasteiger partial charge in [0.2, 0.25) is 0 Å². The van der Waals surface area contributed by atoms with E-state index in [1.165, 1.54) is 0 Å². The third-order valence-electron chi connectivity index (χ3n) is 7.88. The van der Waals surface area contributed by atoms with Gasteiger partial charge in [-0.15, -0.1) is 0 Å². The third-order valence-corrected chi connectivity index (χ3v) is 12.4. The van der Waals surface area contributed by atoms with E-state index in [0.29, 0.717) is 37.0 Å². The zero-order chi connectivity index (χ0) is 28.2. The summed E-state index contributed by atoms with van der Waals surface area (Å²) in [4.78, 5) is 41.0. The van der Waals surface area contributed by atoms with Gasteiger partial charge >= 0.3 is 0 Å². The fraction of sp³-hybridized carbons (Fsp3) is 0.433. The lowest BCUT2D eigenvalue weighted by Gasteiger charge is -2.35. The molecule has 39 heavy (non-hydrogen) atoms. The number of piperidine rings is 1. The summed E-state index contributed by atoms with van der Waals surface area (Å²) >= 11 is 0. The van der Waals surface area contributed by atoms with Crippen LogP contribution in [0.3, 0.4) is 0 Å². The van der Waals surface area contributed by atoms with Crippen molar-refractivity contribution in [3.63, 3.8) is 0 Å². The normalized spacial score (nSPS) is 15.2. The maximum absolute atomic E-state index is 13.7. The molecule has 0 unspecified atom stereocenters. The van der Waals surface area contributed by atoms with E-state index in [2.05, 4.69) is 43.8 Å². The predicted molar refractivity (Wildman–Crippen MR) is 159 cm³/mol. The second-order valence-corrected chi connectivity index (χ2v) is 16.4. The molecule has 1 aliphatic rings. The van der Waals surface area contributed by atoms with Crippen LogP contribution in [0.5, 0.6) is 0 Å². The quantitative estimate of drug-likeness (QED) is 0.344. The van der Waals surface area contributed by atoms with Gasteiger partial charge < -0.3 is 9.33 Å². The molecule has 1 aromatic carbocycles. The largest absolute Gasteiger partial charge is 0.413 e. The van der Waals surface area contributed by atoms with Gasteiger partial charge in [-0.1, -0.05) is 26.8 Å². The van der Waals surface area contributed by atoms with Crippen LogP contribution < -0.4 is 10.5 Å². The number of carbonyl (C=O) groups is 1. The zero-order valence-corrected chi connectivity index (χ0v) is 24.8. The van der Waals surface area contributed by atoms with E-state index in [1.54, 1.807) is 36.1 Å². The standard InChI is InChI=1S/C30H39N5O3Si/c1-22(36)23-14-18-34(19-15-23)28-29(37)35(26-12-10-24(11-13-26)27-31-16-8-17-32-27)21-25(33-28)9-7-20-38-39(5,6)30(2,3)4/h7-13,16-17,21,23H,14-15,18-20H2,1-6H3/b9-7+. The van der Waals surface area contributed by atoms with Gasteiger partial charge in [-0.3, -0.25) is 14.2 Å². The molecule has 1 fully saturated rings. The molecule has 8 nitrogen and oxygen atoms in total. The highest BCUT2D eigenvalue weighted by molar-refractivity contribution is 6.74. The predicted octanol–water partition coefficient (Wildman–Crippen LogP) is 5.53. The van der Waals surface area contributed by atoms with E-state index in [-0.39, 0.29) is 22.3 Å². The number of benzene rings is 1. The van der Waals surface area contributed by atoms with Gasteiger partial charge in [0.05, 0.1) is 12.3 Å². The van der Waals surface area contributed by atoms with Gasteiger partial charge in [0.25, 0.3) is 5.56 Å². The summed E-state index contributed by atoms with van der Waals surface area (Å²) < 4.78 is 7.93. The molecule has 0 saturated carbocycles. The van der Waals surface area contributed by atoms with Crippen LogP contribution in [0.2, 0.25) is 18.1 Å². The Morgan fingerprint density at radius 2 is 1.74 bits per heavy atom. The third kappa shape index (κ3) is 6.77. The molecule has 1 saturated heterocycles. The lowest BCUT2D eigenvalue weighted by molar-refractivity contribution is -0.121. The van der Waals surface area contributed by atoms with Crippen LogP contribution >= 0.6 is 0 Å². The number of carbonyl (C=O) groups excluding carboxylic acids is 1. The molecule has 0 N–H and O–H groups in total. The van der Waals surface area contributed by atoms with Crippen molar-refractivity contribution in [3.05, 3.63) is 71.0 Å². The smallest absolute Gasteiger partial charge is 0.298 e. The van der Waals surface area contributed by atoms with Gasteiger partial charge in [-0.25, -0.2) is 15.0 Å². The molecule has 1 aliphatic heterocycles. The number of hydrogen-bond acceptors (Lipinski definition) is 7. The number of aromatic nitrogens is 4. The van der Waals surface area contributed by atoms with Crippen LogP contribution in [0.25, 0.3) is 23.2 Å². The Balaban J connectivity index is 1.65. The molecule has 0 spiro atoms. The average molecular weight is 546 g/mol. The maximum Gasteiger partial charge on any atom is 0.298 e. The first-order chi connectivity index (χ1) is 18.5. The Morgan fingerprint density at radius 3 is 2.33 bits per heavy atom. The Morgan fingerprint density at radius 1 is 1.10 bits per heavy atom. The van der Waals surface area contributed by atoms with E-state index in [9.17, 15) is 9.59 Å². The van der Waals surface area contributed by atoms with Gasteiger partial charge in [0, 0.05) is 48.8 Å². The number of rotatable bonds is 8. The van der Waals surface area contributed by atoms with Crippen molar-refractivity contribution < 1.29 is 9.22 Å². The first-order valence-corrected chi connectivity index (χ1v) is 16.4. The summed E-state index contributed by atoms with van der Waals surface area (Å²) in [6.45, 7) is 14.5. The van der Waals surface area contributed by atoms with Crippen molar-refractivity contribution in [2.45, 2.75) is 58.7 Å². The van der Waals surface area contributed by atoms with Crippen LogP contribution in [-0.4, -0.2) is 53.3 Å². The van der Waals surface area contributed by atoms with Gasteiger partial charge in [-0.2, -0.15) is 0 Å². The van der Waals surface area contributed by atoms with Gasteiger partial charge in [0.15, 0.2) is 20.0 Å². The van der Waals surface area contributed by atoms with E-state index >= 15 is 0 Å². The molecule has 9 heteroatoms.